The summed E-state index contributed by atoms with van der Waals surface area (Å²) in [7, 11) is -4.61. The van der Waals surface area contributed by atoms with Crippen molar-refractivity contribution in [3.63, 3.8) is 0 Å². The first kappa shape index (κ1) is 13.6. The van der Waals surface area contributed by atoms with Crippen LogP contribution in [-0.4, -0.2) is 31.3 Å². The van der Waals surface area contributed by atoms with Gasteiger partial charge in [0.2, 0.25) is 0 Å². The number of phosphoric ester groups is 1. The van der Waals surface area contributed by atoms with Gasteiger partial charge in [0, 0.05) is 17.3 Å². The summed E-state index contributed by atoms with van der Waals surface area (Å²) in [4.78, 5) is 20.9. The van der Waals surface area contributed by atoms with Crippen LogP contribution < -0.4 is 0 Å². The van der Waals surface area contributed by atoms with Gasteiger partial charge in [0.15, 0.2) is 0 Å². The molecular weight excluding hydrogens is 251 g/mol. The van der Waals surface area contributed by atoms with Gasteiger partial charge in [-0.1, -0.05) is 5.16 Å². The third-order valence-corrected chi connectivity index (χ3v) is 2.40. The first-order valence-corrected chi connectivity index (χ1v) is 5.93. The summed E-state index contributed by atoms with van der Waals surface area (Å²) in [6.07, 6.45) is 2.20. The van der Waals surface area contributed by atoms with Gasteiger partial charge in [0.25, 0.3) is 0 Å². The van der Waals surface area contributed by atoms with E-state index in [4.69, 9.17) is 15.0 Å². The molecule has 94 valence electrons. The van der Waals surface area contributed by atoms with Crippen LogP contribution in [0.15, 0.2) is 11.4 Å². The van der Waals surface area contributed by atoms with Crippen molar-refractivity contribution in [2.75, 3.05) is 0 Å². The number of pyridine rings is 1. The highest BCUT2D eigenvalue weighted by atomic mass is 31.2. The molecular formula is C8H11N2O6P. The molecule has 0 aliphatic rings. The van der Waals surface area contributed by atoms with Crippen molar-refractivity contribution >= 4 is 14.0 Å². The fourth-order valence-corrected chi connectivity index (χ4v) is 1.43. The number of phosphoric acid groups is 1. The van der Waals surface area contributed by atoms with Crippen LogP contribution >= 0.6 is 7.82 Å². The maximum Gasteiger partial charge on any atom is 0.469 e. The minimum Gasteiger partial charge on any atom is -0.505 e. The third kappa shape index (κ3) is 3.79. The molecule has 8 nitrogen and oxygen atoms in total. The van der Waals surface area contributed by atoms with Crippen LogP contribution in [0.2, 0.25) is 0 Å². The summed E-state index contributed by atoms with van der Waals surface area (Å²) in [6, 6.07) is 0. The highest BCUT2D eigenvalue weighted by Crippen LogP contribution is 2.37. The zero-order chi connectivity index (χ0) is 13.1. The fraction of sp³-hybridized carbons (Fsp3) is 0.250. The van der Waals surface area contributed by atoms with Crippen molar-refractivity contribution in [3.05, 3.63) is 23.0 Å². The van der Waals surface area contributed by atoms with Gasteiger partial charge < -0.3 is 20.1 Å². The molecule has 0 unspecified atom stereocenters. The molecule has 1 aromatic rings. The average Bonchev–Trinajstić information content (AvgIpc) is 2.23. The second-order valence-corrected chi connectivity index (χ2v) is 4.38. The van der Waals surface area contributed by atoms with Gasteiger partial charge in [0.05, 0.1) is 18.5 Å². The quantitative estimate of drug-likeness (QED) is 0.269. The van der Waals surface area contributed by atoms with Gasteiger partial charge in [-0.15, -0.1) is 0 Å². The Labute approximate surface area is 96.4 Å². The van der Waals surface area contributed by atoms with E-state index in [1.807, 2.05) is 0 Å². The Kier molecular flexibility index (Phi) is 4.19. The Balaban J connectivity index is 3.07. The fourth-order valence-electron chi connectivity index (χ4n) is 1.12. The van der Waals surface area contributed by atoms with Crippen LogP contribution in [-0.2, 0) is 15.7 Å². The van der Waals surface area contributed by atoms with Crippen molar-refractivity contribution in [1.29, 1.82) is 0 Å². The van der Waals surface area contributed by atoms with Crippen LogP contribution in [0.5, 0.6) is 5.75 Å². The smallest absolute Gasteiger partial charge is 0.469 e. The summed E-state index contributed by atoms with van der Waals surface area (Å²) in [5.41, 5.74) is 0.572. The molecule has 9 heteroatoms. The topological polar surface area (TPSA) is 132 Å². The molecule has 0 bridgehead atoms. The lowest BCUT2D eigenvalue weighted by molar-refractivity contribution is 0.188. The predicted molar refractivity (Wildman–Crippen MR) is 56.9 cm³/mol. The summed E-state index contributed by atoms with van der Waals surface area (Å²) in [5.74, 6) is -0.241. The minimum absolute atomic E-state index is 0.0912. The van der Waals surface area contributed by atoms with E-state index in [1.54, 1.807) is 0 Å². The van der Waals surface area contributed by atoms with E-state index >= 15 is 0 Å². The molecule has 0 saturated heterocycles. The molecule has 0 spiro atoms. The van der Waals surface area contributed by atoms with Gasteiger partial charge in [-0.05, 0) is 6.92 Å². The van der Waals surface area contributed by atoms with Crippen molar-refractivity contribution in [2.45, 2.75) is 13.5 Å². The molecule has 0 aliphatic heterocycles. The molecule has 1 heterocycles. The molecule has 0 amide bonds. The molecule has 0 aromatic carbocycles. The van der Waals surface area contributed by atoms with Crippen molar-refractivity contribution in [3.8, 4) is 5.75 Å². The second kappa shape index (κ2) is 5.24. The largest absolute Gasteiger partial charge is 0.505 e. The monoisotopic (exact) mass is 262 g/mol. The zero-order valence-corrected chi connectivity index (χ0v) is 9.70. The van der Waals surface area contributed by atoms with E-state index < -0.39 is 14.4 Å². The normalized spacial score (nSPS) is 12.2. The second-order valence-electron chi connectivity index (χ2n) is 3.14. The summed E-state index contributed by atoms with van der Waals surface area (Å²) >= 11 is 0. The maximum atomic E-state index is 10.5. The van der Waals surface area contributed by atoms with Crippen molar-refractivity contribution < 1.29 is 29.2 Å². The van der Waals surface area contributed by atoms with E-state index in [9.17, 15) is 9.67 Å². The first-order valence-electron chi connectivity index (χ1n) is 4.40. The molecule has 0 fully saturated rings. The lowest BCUT2D eigenvalue weighted by Crippen LogP contribution is -2.00. The number of oxime groups is 1. The Morgan fingerprint density at radius 3 is 2.76 bits per heavy atom. The molecule has 17 heavy (non-hydrogen) atoms. The van der Waals surface area contributed by atoms with E-state index in [2.05, 4.69) is 14.7 Å². The highest BCUT2D eigenvalue weighted by molar-refractivity contribution is 7.46. The molecule has 4 N–H and O–H groups in total. The molecule has 0 saturated carbocycles. The van der Waals surface area contributed by atoms with E-state index in [1.165, 1.54) is 13.1 Å². The van der Waals surface area contributed by atoms with E-state index in [0.717, 1.165) is 6.21 Å². The molecule has 1 aromatic heterocycles. The van der Waals surface area contributed by atoms with Crippen molar-refractivity contribution in [2.24, 2.45) is 5.16 Å². The standard InChI is InChI=1S/C8H11N2O6P/c1-5-8(11)7(3-10-12)6(2-9-5)4-16-17(13,14)15/h2-3,11-12H,4H2,1H3,(H2,13,14,15). The predicted octanol–water partition coefficient (Wildman–Crippen LogP) is 0.513. The van der Waals surface area contributed by atoms with Crippen LogP contribution in [0, 0.1) is 6.92 Å². The van der Waals surface area contributed by atoms with Gasteiger partial charge in [-0.2, -0.15) is 0 Å². The van der Waals surface area contributed by atoms with Crippen LogP contribution in [0.3, 0.4) is 0 Å². The van der Waals surface area contributed by atoms with Gasteiger partial charge in [-0.25, -0.2) is 4.57 Å². The van der Waals surface area contributed by atoms with Crippen LogP contribution in [0.1, 0.15) is 16.8 Å². The number of hydrogen-bond acceptors (Lipinski definition) is 6. The minimum atomic E-state index is -4.61. The van der Waals surface area contributed by atoms with E-state index in [-0.39, 0.29) is 16.9 Å². The SMILES string of the molecule is Cc1ncc(COP(=O)(O)O)c(C=NO)c1O. The molecule has 0 atom stereocenters. The van der Waals surface area contributed by atoms with E-state index in [0.29, 0.717) is 5.69 Å². The van der Waals surface area contributed by atoms with Crippen molar-refractivity contribution in [1.82, 2.24) is 4.98 Å². The lowest BCUT2D eigenvalue weighted by Gasteiger charge is -2.09. The maximum absolute atomic E-state index is 10.5. The third-order valence-electron chi connectivity index (χ3n) is 1.93. The summed E-state index contributed by atoms with van der Waals surface area (Å²) in [6.45, 7) is 1.06. The summed E-state index contributed by atoms with van der Waals surface area (Å²) < 4.78 is 14.8. The number of hydrogen-bond donors (Lipinski definition) is 4. The molecule has 0 radical (unpaired) electrons. The van der Waals surface area contributed by atoms with Gasteiger partial charge in [-0.3, -0.25) is 9.51 Å². The van der Waals surface area contributed by atoms with Crippen LogP contribution in [0.4, 0.5) is 0 Å². The number of rotatable bonds is 4. The molecule has 1 rings (SSSR count). The Bertz CT molecular complexity index is 483. The number of aromatic hydroxyl groups is 1. The Hall–Kier alpha value is -1.47. The Morgan fingerprint density at radius 2 is 2.24 bits per heavy atom. The van der Waals surface area contributed by atoms with Gasteiger partial charge >= 0.3 is 7.82 Å². The van der Waals surface area contributed by atoms with Gasteiger partial charge in [0.1, 0.15) is 5.75 Å². The number of aromatic nitrogens is 1. The first-order chi connectivity index (χ1) is 7.85. The number of aryl methyl sites for hydroxylation is 1. The number of nitrogens with zero attached hydrogens (tertiary/aromatic N) is 2. The summed E-state index contributed by atoms with van der Waals surface area (Å²) in [5, 5.41) is 20.8. The average molecular weight is 262 g/mol. The highest BCUT2D eigenvalue weighted by Gasteiger charge is 2.17. The zero-order valence-electron chi connectivity index (χ0n) is 8.81. The van der Waals surface area contributed by atoms with Crippen LogP contribution in [0.25, 0.3) is 0 Å². The Morgan fingerprint density at radius 1 is 1.59 bits per heavy atom. The lowest BCUT2D eigenvalue weighted by atomic mass is 10.1. The molecule has 0 aliphatic carbocycles.